The molecule has 0 aromatic heterocycles. The summed E-state index contributed by atoms with van der Waals surface area (Å²) in [5.41, 5.74) is 0. The molecule has 1 aliphatic heterocycles. The first-order chi connectivity index (χ1) is 4.29. The molecule has 1 rings (SSSR count). The van der Waals surface area contributed by atoms with Crippen LogP contribution in [0, 0.1) is 5.92 Å². The molecule has 2 heteroatoms. The van der Waals surface area contributed by atoms with Crippen molar-refractivity contribution < 1.29 is 4.79 Å². The molecule has 0 aromatic rings. The quantitative estimate of drug-likeness (QED) is 0.427. The first-order valence-electron chi connectivity index (χ1n) is 3.22. The van der Waals surface area contributed by atoms with Crippen LogP contribution in [-0.4, -0.2) is 11.9 Å². The minimum atomic E-state index is 0.169. The molecule has 0 aromatic carbocycles. The molecule has 0 radical (unpaired) electrons. The molecule has 9 heavy (non-hydrogen) atoms. The molecule has 2 atom stereocenters. The lowest BCUT2D eigenvalue weighted by Crippen LogP contribution is -2.56. The van der Waals surface area contributed by atoms with Gasteiger partial charge in [0, 0.05) is 0 Å². The normalized spacial score (nSPS) is 32.8. The molecule has 1 N–H and O–H groups in total. The van der Waals surface area contributed by atoms with E-state index in [9.17, 15) is 4.79 Å². The minimum Gasteiger partial charge on any atom is -0.349 e. The first-order valence-corrected chi connectivity index (χ1v) is 3.22. The number of carbonyl (C=O) groups is 1. The lowest BCUT2D eigenvalue weighted by atomic mass is 9.88. The molecule has 2 unspecified atom stereocenters. The zero-order chi connectivity index (χ0) is 6.85. The van der Waals surface area contributed by atoms with Crippen LogP contribution in [0.3, 0.4) is 0 Å². The molecule has 1 heterocycles. The molecule has 1 fully saturated rings. The molecule has 0 spiro atoms. The van der Waals surface area contributed by atoms with Crippen molar-refractivity contribution in [3.05, 3.63) is 12.7 Å². The molecule has 1 amide bonds. The summed E-state index contributed by atoms with van der Waals surface area (Å²) in [7, 11) is 0. The second kappa shape index (κ2) is 2.21. The maximum atomic E-state index is 10.7. The van der Waals surface area contributed by atoms with Crippen LogP contribution in [0.1, 0.15) is 13.3 Å². The second-order valence-corrected chi connectivity index (χ2v) is 2.28. The van der Waals surface area contributed by atoms with Gasteiger partial charge in [0.25, 0.3) is 0 Å². The van der Waals surface area contributed by atoms with E-state index in [2.05, 4.69) is 11.9 Å². The predicted molar refractivity (Wildman–Crippen MR) is 35.9 cm³/mol. The van der Waals surface area contributed by atoms with E-state index in [1.165, 1.54) is 0 Å². The fraction of sp³-hybridized carbons (Fsp3) is 0.571. The van der Waals surface area contributed by atoms with Crippen LogP contribution in [0.5, 0.6) is 0 Å². The molecule has 0 saturated carbocycles. The average molecular weight is 125 g/mol. The van der Waals surface area contributed by atoms with Crippen LogP contribution in [-0.2, 0) is 4.79 Å². The third-order valence-electron chi connectivity index (χ3n) is 1.77. The Hall–Kier alpha value is -0.790. The highest BCUT2D eigenvalue weighted by Crippen LogP contribution is 2.18. The number of hydrogen-bond donors (Lipinski definition) is 1. The van der Waals surface area contributed by atoms with Crippen LogP contribution < -0.4 is 5.32 Å². The van der Waals surface area contributed by atoms with Gasteiger partial charge < -0.3 is 5.32 Å². The molecule has 2 nitrogen and oxygen atoms in total. The molecule has 1 aliphatic rings. The number of β-lactam (4-membered cyclic amide) rings is 1. The van der Waals surface area contributed by atoms with Gasteiger partial charge in [0.15, 0.2) is 0 Å². The van der Waals surface area contributed by atoms with E-state index in [4.69, 9.17) is 0 Å². The Morgan fingerprint density at radius 3 is 2.78 bits per heavy atom. The fourth-order valence-electron chi connectivity index (χ4n) is 1.10. The van der Waals surface area contributed by atoms with Gasteiger partial charge in [-0.3, -0.25) is 4.79 Å². The lowest BCUT2D eigenvalue weighted by Gasteiger charge is -2.33. The van der Waals surface area contributed by atoms with E-state index >= 15 is 0 Å². The molecule has 1 saturated heterocycles. The largest absolute Gasteiger partial charge is 0.349 e. The van der Waals surface area contributed by atoms with E-state index in [1.807, 2.05) is 6.92 Å². The zero-order valence-corrected chi connectivity index (χ0v) is 5.55. The van der Waals surface area contributed by atoms with Gasteiger partial charge in [0.1, 0.15) is 0 Å². The van der Waals surface area contributed by atoms with Gasteiger partial charge >= 0.3 is 0 Å². The summed E-state index contributed by atoms with van der Waals surface area (Å²) >= 11 is 0. The van der Waals surface area contributed by atoms with Crippen molar-refractivity contribution in [3.63, 3.8) is 0 Å². The predicted octanol–water partition coefficient (Wildman–Crippen LogP) is 0.697. The molecule has 0 bridgehead atoms. The van der Waals surface area contributed by atoms with Gasteiger partial charge in [-0.15, -0.1) is 6.58 Å². The van der Waals surface area contributed by atoms with Crippen molar-refractivity contribution in [1.29, 1.82) is 0 Å². The third kappa shape index (κ3) is 0.846. The summed E-state index contributed by atoms with van der Waals surface area (Å²) in [4.78, 5) is 10.7. The second-order valence-electron chi connectivity index (χ2n) is 2.28. The van der Waals surface area contributed by atoms with E-state index in [0.29, 0.717) is 0 Å². The standard InChI is InChI=1S/C7H11NO/c1-3-5-6(4-2)8-7(5)9/h4-6H,2-3H2,1H3,(H,8,9). The van der Waals surface area contributed by atoms with Crippen molar-refractivity contribution in [2.24, 2.45) is 5.92 Å². The molecular weight excluding hydrogens is 114 g/mol. The van der Waals surface area contributed by atoms with E-state index in [-0.39, 0.29) is 17.9 Å². The first kappa shape index (κ1) is 6.33. The zero-order valence-electron chi connectivity index (χ0n) is 5.55. The van der Waals surface area contributed by atoms with Crippen molar-refractivity contribution in [3.8, 4) is 0 Å². The molecule has 50 valence electrons. The highest BCUT2D eigenvalue weighted by Gasteiger charge is 2.34. The Bertz CT molecular complexity index is 142. The van der Waals surface area contributed by atoms with Crippen LogP contribution >= 0.6 is 0 Å². The monoisotopic (exact) mass is 125 g/mol. The van der Waals surface area contributed by atoms with Gasteiger partial charge in [0.2, 0.25) is 5.91 Å². The molecular formula is C7H11NO. The van der Waals surface area contributed by atoms with Gasteiger partial charge in [-0.05, 0) is 6.42 Å². The fourth-order valence-corrected chi connectivity index (χ4v) is 1.10. The average Bonchev–Trinajstić information content (AvgIpc) is 1.83. The van der Waals surface area contributed by atoms with Crippen LogP contribution in [0.25, 0.3) is 0 Å². The Balaban J connectivity index is 2.46. The minimum absolute atomic E-state index is 0.169. The molecule has 0 aliphatic carbocycles. The van der Waals surface area contributed by atoms with Crippen molar-refractivity contribution in [1.82, 2.24) is 5.32 Å². The lowest BCUT2D eigenvalue weighted by molar-refractivity contribution is -0.133. The Morgan fingerprint density at radius 2 is 2.56 bits per heavy atom. The maximum Gasteiger partial charge on any atom is 0.225 e. The third-order valence-corrected chi connectivity index (χ3v) is 1.77. The maximum absolute atomic E-state index is 10.7. The highest BCUT2D eigenvalue weighted by atomic mass is 16.2. The SMILES string of the molecule is C=CC1NC(=O)C1CC. The topological polar surface area (TPSA) is 29.1 Å². The van der Waals surface area contributed by atoms with Crippen molar-refractivity contribution >= 4 is 5.91 Å². The van der Waals surface area contributed by atoms with Gasteiger partial charge in [-0.2, -0.15) is 0 Å². The Kier molecular flexibility index (Phi) is 1.56. The number of nitrogens with one attached hydrogen (secondary N) is 1. The van der Waals surface area contributed by atoms with E-state index < -0.39 is 0 Å². The summed E-state index contributed by atoms with van der Waals surface area (Å²) in [6.45, 7) is 5.61. The number of hydrogen-bond acceptors (Lipinski definition) is 1. The summed E-state index contributed by atoms with van der Waals surface area (Å²) < 4.78 is 0. The van der Waals surface area contributed by atoms with E-state index in [1.54, 1.807) is 6.08 Å². The summed E-state index contributed by atoms with van der Waals surface area (Å²) in [6.07, 6.45) is 2.71. The Labute approximate surface area is 54.9 Å². The van der Waals surface area contributed by atoms with Crippen molar-refractivity contribution in [2.45, 2.75) is 19.4 Å². The summed E-state index contributed by atoms with van der Waals surface area (Å²) in [5.74, 6) is 0.366. The van der Waals surface area contributed by atoms with E-state index in [0.717, 1.165) is 6.42 Å². The summed E-state index contributed by atoms with van der Waals surface area (Å²) in [6, 6.07) is 0.238. The van der Waals surface area contributed by atoms with Crippen LogP contribution in [0.15, 0.2) is 12.7 Å². The van der Waals surface area contributed by atoms with Gasteiger partial charge in [-0.25, -0.2) is 0 Å². The Morgan fingerprint density at radius 1 is 1.89 bits per heavy atom. The van der Waals surface area contributed by atoms with Crippen LogP contribution in [0.2, 0.25) is 0 Å². The number of rotatable bonds is 2. The number of amides is 1. The van der Waals surface area contributed by atoms with Crippen molar-refractivity contribution in [2.75, 3.05) is 0 Å². The van der Waals surface area contributed by atoms with Gasteiger partial charge in [-0.1, -0.05) is 13.0 Å². The smallest absolute Gasteiger partial charge is 0.225 e. The van der Waals surface area contributed by atoms with Crippen LogP contribution in [0.4, 0.5) is 0 Å². The highest BCUT2D eigenvalue weighted by molar-refractivity contribution is 5.86. The summed E-state index contributed by atoms with van der Waals surface area (Å²) in [5, 5.41) is 2.74. The van der Waals surface area contributed by atoms with Gasteiger partial charge in [0.05, 0.1) is 12.0 Å². The number of carbonyl (C=O) groups excluding carboxylic acids is 1.